The summed E-state index contributed by atoms with van der Waals surface area (Å²) in [4.78, 5) is 24.6. The molecule has 0 aromatic heterocycles. The molecule has 0 aliphatic carbocycles. The predicted octanol–water partition coefficient (Wildman–Crippen LogP) is 1.32. The van der Waals surface area contributed by atoms with Gasteiger partial charge < -0.3 is 11.1 Å². The molecular weight excluding hydrogens is 336 g/mol. The monoisotopic (exact) mass is 356 g/mol. The van der Waals surface area contributed by atoms with Crippen LogP contribution in [0.5, 0.6) is 0 Å². The first-order valence-electron chi connectivity index (χ1n) is 7.97. The zero-order chi connectivity index (χ0) is 17.8. The number of para-hydroxylation sites is 1. The minimum absolute atomic E-state index is 0.0132. The molecule has 3 rings (SSSR count). The van der Waals surface area contributed by atoms with E-state index in [1.807, 2.05) is 54.6 Å². The molecule has 1 aliphatic heterocycles. The van der Waals surface area contributed by atoms with E-state index in [9.17, 15) is 9.59 Å². The van der Waals surface area contributed by atoms with E-state index in [1.165, 1.54) is 0 Å². The van der Waals surface area contributed by atoms with Crippen LogP contribution in [-0.4, -0.2) is 35.2 Å². The van der Waals surface area contributed by atoms with Gasteiger partial charge in [0.2, 0.25) is 5.91 Å². The fourth-order valence-corrected chi connectivity index (χ4v) is 3.03. The van der Waals surface area contributed by atoms with Gasteiger partial charge in [-0.25, -0.2) is 0 Å². The molecule has 1 heterocycles. The number of nitrogens with one attached hydrogen (secondary N) is 2. The molecular formula is C18H20N4O2S. The number of anilines is 1. The minimum atomic E-state index is -0.749. The average Bonchev–Trinajstić information content (AvgIpc) is 2.76. The molecule has 130 valence electrons. The van der Waals surface area contributed by atoms with E-state index in [2.05, 4.69) is 23.4 Å². The van der Waals surface area contributed by atoms with Gasteiger partial charge in [0.1, 0.15) is 0 Å². The van der Waals surface area contributed by atoms with Crippen molar-refractivity contribution in [2.75, 3.05) is 17.6 Å². The molecule has 2 aromatic rings. The first kappa shape index (κ1) is 17.5. The van der Waals surface area contributed by atoms with Gasteiger partial charge >= 0.3 is 0 Å². The fourth-order valence-electron chi connectivity index (χ4n) is 2.86. The summed E-state index contributed by atoms with van der Waals surface area (Å²) in [5.74, 6) is -0.355. The number of nitrogens with two attached hydrogens (primary N) is 1. The largest absolute Gasteiger partial charge is 0.325 e. The second-order valence-corrected chi connectivity index (χ2v) is 6.21. The number of carbonyl (C=O) groups excluding carboxylic acids is 2. The summed E-state index contributed by atoms with van der Waals surface area (Å²) in [7, 11) is 0. The van der Waals surface area contributed by atoms with E-state index in [0.717, 1.165) is 16.8 Å². The normalized spacial score (nSPS) is 18.6. The minimum Gasteiger partial charge on any atom is -0.325 e. The van der Waals surface area contributed by atoms with Crippen LogP contribution < -0.4 is 16.5 Å². The molecule has 25 heavy (non-hydrogen) atoms. The van der Waals surface area contributed by atoms with Crippen LogP contribution >= 0.6 is 12.6 Å². The quantitative estimate of drug-likeness (QED) is 0.622. The lowest BCUT2D eigenvalue weighted by molar-refractivity contribution is -0.129. The molecule has 2 aromatic carbocycles. The van der Waals surface area contributed by atoms with E-state index in [1.54, 1.807) is 5.01 Å². The SMILES string of the molecule is N[C@H](CS)C(=O)NN1CC(=O)Nc2ccccc2C1c1ccccc1. The van der Waals surface area contributed by atoms with Crippen LogP contribution in [0.1, 0.15) is 17.2 Å². The second kappa shape index (κ2) is 7.69. The Balaban J connectivity index is 2.04. The summed E-state index contributed by atoms with van der Waals surface area (Å²) in [6, 6.07) is 16.2. The van der Waals surface area contributed by atoms with Crippen LogP contribution in [0.15, 0.2) is 54.6 Å². The Hall–Kier alpha value is -2.35. The zero-order valence-electron chi connectivity index (χ0n) is 13.6. The van der Waals surface area contributed by atoms with Crippen LogP contribution in [0.3, 0.4) is 0 Å². The predicted molar refractivity (Wildman–Crippen MR) is 100 cm³/mol. The van der Waals surface area contributed by atoms with Gasteiger partial charge in [0, 0.05) is 11.4 Å². The summed E-state index contributed by atoms with van der Waals surface area (Å²) >= 11 is 4.07. The molecule has 6 nitrogen and oxygen atoms in total. The Morgan fingerprint density at radius 3 is 2.64 bits per heavy atom. The topological polar surface area (TPSA) is 87.5 Å². The maximum Gasteiger partial charge on any atom is 0.252 e. The van der Waals surface area contributed by atoms with E-state index in [0.29, 0.717) is 0 Å². The molecule has 0 saturated carbocycles. The number of amides is 2. The third kappa shape index (κ3) is 3.84. The van der Waals surface area contributed by atoms with Gasteiger partial charge in [-0.05, 0) is 17.2 Å². The van der Waals surface area contributed by atoms with Gasteiger partial charge in [0.05, 0.1) is 18.6 Å². The highest BCUT2D eigenvalue weighted by atomic mass is 32.1. The van der Waals surface area contributed by atoms with Crippen molar-refractivity contribution in [1.82, 2.24) is 10.4 Å². The van der Waals surface area contributed by atoms with E-state index >= 15 is 0 Å². The molecule has 0 spiro atoms. The molecule has 0 bridgehead atoms. The van der Waals surface area contributed by atoms with Crippen molar-refractivity contribution in [2.24, 2.45) is 5.73 Å². The van der Waals surface area contributed by atoms with Crippen molar-refractivity contribution in [3.05, 3.63) is 65.7 Å². The lowest BCUT2D eigenvalue weighted by atomic mass is 9.97. The standard InChI is InChI=1S/C18H20N4O2S/c19-14(11-25)18(24)21-22-10-16(23)20-15-9-5-4-8-13(15)17(22)12-6-2-1-3-7-12/h1-9,14,17,25H,10-11,19H2,(H,20,23)(H,21,24)/t14-,17?/m1/s1. The van der Waals surface area contributed by atoms with Gasteiger partial charge in [0.15, 0.2) is 0 Å². The molecule has 0 radical (unpaired) electrons. The second-order valence-electron chi connectivity index (χ2n) is 5.84. The third-order valence-corrected chi connectivity index (χ3v) is 4.45. The van der Waals surface area contributed by atoms with Crippen LogP contribution in [0, 0.1) is 0 Å². The molecule has 0 saturated heterocycles. The fraction of sp³-hybridized carbons (Fsp3) is 0.222. The van der Waals surface area contributed by atoms with Crippen molar-refractivity contribution in [2.45, 2.75) is 12.1 Å². The number of fused-ring (bicyclic) bond motifs is 1. The lowest BCUT2D eigenvalue weighted by Crippen LogP contribution is -2.52. The Bertz CT molecular complexity index is 769. The lowest BCUT2D eigenvalue weighted by Gasteiger charge is -2.31. The molecule has 7 heteroatoms. The molecule has 2 atom stereocenters. The van der Waals surface area contributed by atoms with Crippen molar-refractivity contribution in [3.63, 3.8) is 0 Å². The van der Waals surface area contributed by atoms with Crippen LogP contribution in [0.25, 0.3) is 0 Å². The maximum atomic E-state index is 12.3. The number of carbonyl (C=O) groups is 2. The molecule has 0 fully saturated rings. The first-order valence-corrected chi connectivity index (χ1v) is 8.60. The number of nitrogens with zero attached hydrogens (tertiary/aromatic N) is 1. The number of benzene rings is 2. The number of hydrogen-bond donors (Lipinski definition) is 4. The Kier molecular flexibility index (Phi) is 5.37. The number of hydrogen-bond acceptors (Lipinski definition) is 5. The Morgan fingerprint density at radius 2 is 1.92 bits per heavy atom. The van der Waals surface area contributed by atoms with Gasteiger partial charge in [-0.15, -0.1) is 0 Å². The van der Waals surface area contributed by atoms with Crippen molar-refractivity contribution in [1.29, 1.82) is 0 Å². The van der Waals surface area contributed by atoms with E-state index < -0.39 is 6.04 Å². The average molecular weight is 356 g/mol. The number of thiol groups is 1. The van der Waals surface area contributed by atoms with Crippen LogP contribution in [0.4, 0.5) is 5.69 Å². The van der Waals surface area contributed by atoms with Gasteiger partial charge in [0.25, 0.3) is 5.91 Å². The van der Waals surface area contributed by atoms with Crippen LogP contribution in [0.2, 0.25) is 0 Å². The smallest absolute Gasteiger partial charge is 0.252 e. The zero-order valence-corrected chi connectivity index (χ0v) is 14.4. The van der Waals surface area contributed by atoms with Crippen molar-refractivity contribution < 1.29 is 9.59 Å². The summed E-state index contributed by atoms with van der Waals surface area (Å²) in [6.45, 7) is 0.0132. The number of rotatable bonds is 4. The number of hydrazine groups is 1. The molecule has 1 unspecified atom stereocenters. The highest BCUT2D eigenvalue weighted by molar-refractivity contribution is 7.80. The van der Waals surface area contributed by atoms with Crippen molar-refractivity contribution >= 4 is 30.1 Å². The maximum absolute atomic E-state index is 12.3. The molecule has 4 N–H and O–H groups in total. The summed E-state index contributed by atoms with van der Waals surface area (Å²) in [5, 5.41) is 4.52. The molecule has 1 aliphatic rings. The van der Waals surface area contributed by atoms with Gasteiger partial charge in [-0.3, -0.25) is 15.0 Å². The van der Waals surface area contributed by atoms with Crippen molar-refractivity contribution in [3.8, 4) is 0 Å². The highest BCUT2D eigenvalue weighted by Gasteiger charge is 2.31. The third-order valence-electron chi connectivity index (χ3n) is 4.06. The van der Waals surface area contributed by atoms with Crippen LogP contribution in [-0.2, 0) is 9.59 Å². The Morgan fingerprint density at radius 1 is 1.24 bits per heavy atom. The first-order chi connectivity index (χ1) is 12.1. The summed E-state index contributed by atoms with van der Waals surface area (Å²) in [6.07, 6.45) is 0. The van der Waals surface area contributed by atoms with Gasteiger partial charge in [-0.2, -0.15) is 17.6 Å². The van der Waals surface area contributed by atoms with E-state index in [4.69, 9.17) is 5.73 Å². The highest BCUT2D eigenvalue weighted by Crippen LogP contribution is 2.34. The summed E-state index contributed by atoms with van der Waals surface area (Å²) in [5.41, 5.74) is 11.2. The van der Waals surface area contributed by atoms with Gasteiger partial charge in [-0.1, -0.05) is 48.5 Å². The Labute approximate surface area is 151 Å². The summed E-state index contributed by atoms with van der Waals surface area (Å²) < 4.78 is 0. The van der Waals surface area contributed by atoms with E-state index in [-0.39, 0.29) is 30.2 Å². The molecule has 2 amide bonds.